The predicted octanol–water partition coefficient (Wildman–Crippen LogP) is 2.06. The largest absolute Gasteiger partial charge is 0.453 e. The maximum absolute atomic E-state index is 12.9. The molecular weight excluding hydrogens is 345 g/mol. The summed E-state index contributed by atoms with van der Waals surface area (Å²) in [6.07, 6.45) is -4.61. The van der Waals surface area contributed by atoms with Gasteiger partial charge in [0.2, 0.25) is 10.8 Å². The summed E-state index contributed by atoms with van der Waals surface area (Å²) in [5, 5.41) is 22.8. The molecule has 0 saturated heterocycles. The van der Waals surface area contributed by atoms with Crippen LogP contribution in [0.4, 0.5) is 13.2 Å². The Balaban J connectivity index is 1.79. The average molecular weight is 352 g/mol. The lowest BCUT2D eigenvalue weighted by Crippen LogP contribution is -2.11. The van der Waals surface area contributed by atoms with Crippen molar-refractivity contribution in [3.63, 3.8) is 0 Å². The van der Waals surface area contributed by atoms with Crippen molar-refractivity contribution in [3.8, 4) is 22.0 Å². The van der Waals surface area contributed by atoms with Crippen LogP contribution in [0.2, 0.25) is 0 Å². The van der Waals surface area contributed by atoms with Gasteiger partial charge in [-0.2, -0.15) is 27.6 Å². The average Bonchev–Trinajstić information content (AvgIpc) is 3.20. The van der Waals surface area contributed by atoms with E-state index >= 15 is 0 Å². The highest BCUT2D eigenvalue weighted by Gasteiger charge is 2.38. The maximum atomic E-state index is 12.9. The Morgan fingerprint density at radius 1 is 1.04 bits per heavy atom. The van der Waals surface area contributed by atoms with E-state index < -0.39 is 12.0 Å². The molecule has 0 aliphatic carbocycles. The summed E-state index contributed by atoms with van der Waals surface area (Å²) in [5.74, 6) is -0.731. The zero-order valence-corrected chi connectivity index (χ0v) is 12.7. The van der Waals surface area contributed by atoms with E-state index in [9.17, 15) is 13.2 Å². The lowest BCUT2D eigenvalue weighted by Gasteiger charge is -2.01. The summed E-state index contributed by atoms with van der Waals surface area (Å²) in [4.78, 5) is 1.39. The SMILES string of the molecule is Cn1nnc(-c2cccc(-c3nn4c(C(F)(F)F)nnc4s3)c2)n1. The van der Waals surface area contributed by atoms with Crippen molar-refractivity contribution < 1.29 is 13.2 Å². The molecule has 4 rings (SSSR count). The number of aromatic nitrogens is 8. The Morgan fingerprint density at radius 2 is 1.83 bits per heavy atom. The number of fused-ring (bicyclic) bond motifs is 1. The predicted molar refractivity (Wildman–Crippen MR) is 76.9 cm³/mol. The van der Waals surface area contributed by atoms with Crippen LogP contribution in [0.1, 0.15) is 5.82 Å². The Morgan fingerprint density at radius 3 is 2.54 bits per heavy atom. The fourth-order valence-electron chi connectivity index (χ4n) is 2.10. The monoisotopic (exact) mass is 352 g/mol. The van der Waals surface area contributed by atoms with Crippen molar-refractivity contribution in [1.29, 1.82) is 0 Å². The summed E-state index contributed by atoms with van der Waals surface area (Å²) in [5.41, 5.74) is 1.31. The lowest BCUT2D eigenvalue weighted by atomic mass is 10.1. The zero-order chi connectivity index (χ0) is 16.9. The van der Waals surface area contributed by atoms with Crippen LogP contribution in [0.5, 0.6) is 0 Å². The number of halogens is 3. The van der Waals surface area contributed by atoms with Crippen molar-refractivity contribution in [1.82, 2.24) is 40.0 Å². The molecule has 0 unspecified atom stereocenters. The molecule has 3 heterocycles. The standard InChI is InChI=1S/C12H7F3N8S/c1-22-19-8(16-21-22)6-3-2-4-7(5-6)9-20-23-10(12(13,14)15)17-18-11(23)24-9/h2-5H,1H3. The van der Waals surface area contributed by atoms with Gasteiger partial charge in [-0.1, -0.05) is 29.5 Å². The molecule has 4 aromatic rings. The van der Waals surface area contributed by atoms with E-state index in [1.807, 2.05) is 0 Å². The van der Waals surface area contributed by atoms with Crippen LogP contribution in [-0.2, 0) is 13.2 Å². The van der Waals surface area contributed by atoms with E-state index in [1.54, 1.807) is 31.3 Å². The van der Waals surface area contributed by atoms with Gasteiger partial charge in [0.25, 0.3) is 5.82 Å². The van der Waals surface area contributed by atoms with Crippen LogP contribution < -0.4 is 0 Å². The number of rotatable bonds is 2. The minimum absolute atomic E-state index is 0.0698. The zero-order valence-electron chi connectivity index (χ0n) is 11.9. The number of aryl methyl sites for hydroxylation is 1. The fourth-order valence-corrected chi connectivity index (χ4v) is 2.94. The number of benzene rings is 1. The molecule has 0 aliphatic rings. The van der Waals surface area contributed by atoms with Gasteiger partial charge in [0.05, 0.1) is 7.05 Å². The first-order valence-corrected chi connectivity index (χ1v) is 7.38. The minimum Gasteiger partial charge on any atom is -0.178 e. The maximum Gasteiger partial charge on any atom is 0.453 e. The van der Waals surface area contributed by atoms with Gasteiger partial charge in [0.15, 0.2) is 0 Å². The molecule has 24 heavy (non-hydrogen) atoms. The van der Waals surface area contributed by atoms with Crippen LogP contribution in [0, 0.1) is 0 Å². The van der Waals surface area contributed by atoms with Crippen molar-refractivity contribution in [2.45, 2.75) is 6.18 Å². The Kier molecular flexibility index (Phi) is 3.09. The summed E-state index contributed by atoms with van der Waals surface area (Å²) in [6.45, 7) is 0. The van der Waals surface area contributed by atoms with Crippen molar-refractivity contribution >= 4 is 16.3 Å². The highest BCUT2D eigenvalue weighted by atomic mass is 32.1. The smallest absolute Gasteiger partial charge is 0.178 e. The molecule has 122 valence electrons. The fraction of sp³-hybridized carbons (Fsp3) is 0.167. The number of tetrazole rings is 1. The number of hydrogen-bond acceptors (Lipinski definition) is 7. The molecule has 0 aliphatic heterocycles. The first-order chi connectivity index (χ1) is 11.4. The molecule has 0 fully saturated rings. The third kappa shape index (κ3) is 2.40. The van der Waals surface area contributed by atoms with E-state index in [0.29, 0.717) is 26.5 Å². The van der Waals surface area contributed by atoms with Crippen LogP contribution in [0.3, 0.4) is 0 Å². The molecule has 0 N–H and O–H groups in total. The number of hydrogen-bond donors (Lipinski definition) is 0. The second-order valence-electron chi connectivity index (χ2n) is 4.81. The Hall–Kier alpha value is -2.89. The molecule has 0 radical (unpaired) electrons. The highest BCUT2D eigenvalue weighted by molar-refractivity contribution is 7.19. The Labute approximate surface area is 135 Å². The third-order valence-corrected chi connectivity index (χ3v) is 4.07. The van der Waals surface area contributed by atoms with Gasteiger partial charge in [0, 0.05) is 11.1 Å². The summed E-state index contributed by atoms with van der Waals surface area (Å²) in [7, 11) is 1.64. The minimum atomic E-state index is -4.61. The topological polar surface area (TPSA) is 86.7 Å². The van der Waals surface area contributed by atoms with E-state index in [1.165, 1.54) is 4.80 Å². The van der Waals surface area contributed by atoms with Gasteiger partial charge in [-0.3, -0.25) is 0 Å². The molecular formula is C12H7F3N8S. The van der Waals surface area contributed by atoms with Crippen molar-refractivity contribution in [3.05, 3.63) is 30.1 Å². The molecule has 0 atom stereocenters. The van der Waals surface area contributed by atoms with Gasteiger partial charge >= 0.3 is 6.18 Å². The number of nitrogens with zero attached hydrogens (tertiary/aromatic N) is 8. The Bertz CT molecular complexity index is 1030. The van der Waals surface area contributed by atoms with E-state index in [-0.39, 0.29) is 4.96 Å². The van der Waals surface area contributed by atoms with Crippen LogP contribution in [0.15, 0.2) is 24.3 Å². The summed E-state index contributed by atoms with van der Waals surface area (Å²) in [6, 6.07) is 6.99. The highest BCUT2D eigenvalue weighted by Crippen LogP contribution is 2.32. The second-order valence-corrected chi connectivity index (χ2v) is 5.76. The molecule has 8 nitrogen and oxygen atoms in total. The van der Waals surface area contributed by atoms with Crippen LogP contribution >= 0.6 is 11.3 Å². The lowest BCUT2D eigenvalue weighted by molar-refractivity contribution is -0.146. The molecule has 12 heteroatoms. The van der Waals surface area contributed by atoms with Gasteiger partial charge < -0.3 is 0 Å². The quantitative estimate of drug-likeness (QED) is 0.549. The van der Waals surface area contributed by atoms with Gasteiger partial charge in [-0.15, -0.1) is 20.4 Å². The van der Waals surface area contributed by atoms with Crippen molar-refractivity contribution in [2.75, 3.05) is 0 Å². The van der Waals surface area contributed by atoms with E-state index in [2.05, 4.69) is 30.7 Å². The normalized spacial score (nSPS) is 12.2. The van der Waals surface area contributed by atoms with Crippen LogP contribution in [-0.4, -0.2) is 40.0 Å². The van der Waals surface area contributed by atoms with Gasteiger partial charge in [0.1, 0.15) is 5.01 Å². The molecule has 0 bridgehead atoms. The number of alkyl halides is 3. The first kappa shape index (κ1) is 14.7. The van der Waals surface area contributed by atoms with Gasteiger partial charge in [-0.25, -0.2) is 0 Å². The molecule has 3 aromatic heterocycles. The van der Waals surface area contributed by atoms with E-state index in [0.717, 1.165) is 11.3 Å². The second kappa shape index (κ2) is 5.06. The third-order valence-electron chi connectivity index (χ3n) is 3.12. The van der Waals surface area contributed by atoms with E-state index in [4.69, 9.17) is 0 Å². The molecule has 0 spiro atoms. The molecule has 1 aromatic carbocycles. The van der Waals surface area contributed by atoms with Gasteiger partial charge in [-0.05, 0) is 11.3 Å². The molecule has 0 saturated carbocycles. The summed E-state index contributed by atoms with van der Waals surface area (Å²) >= 11 is 1.01. The summed E-state index contributed by atoms with van der Waals surface area (Å²) < 4.78 is 39.3. The first-order valence-electron chi connectivity index (χ1n) is 6.56. The molecule has 0 amide bonds. The van der Waals surface area contributed by atoms with Crippen molar-refractivity contribution in [2.24, 2.45) is 7.05 Å². The van der Waals surface area contributed by atoms with Crippen LogP contribution in [0.25, 0.3) is 26.9 Å².